The molecular weight excluding hydrogens is 228 g/mol. The lowest BCUT2D eigenvalue weighted by Crippen LogP contribution is -2.59. The molecule has 0 spiro atoms. The first-order valence-corrected chi connectivity index (χ1v) is 6.87. The smallest absolute Gasteiger partial charge is 0.165 e. The van der Waals surface area contributed by atoms with Crippen LogP contribution in [0.3, 0.4) is 0 Å². The first-order chi connectivity index (χ1) is 8.30. The highest BCUT2D eigenvalue weighted by molar-refractivity contribution is 5.93. The van der Waals surface area contributed by atoms with E-state index in [0.29, 0.717) is 24.7 Å². The second kappa shape index (κ2) is 3.26. The Morgan fingerprint density at radius 2 is 2.11 bits per heavy atom. The highest BCUT2D eigenvalue weighted by Crippen LogP contribution is 2.69. The number of carbonyl (C=O) groups is 1. The molecule has 2 fully saturated rings. The molecule has 1 unspecified atom stereocenters. The van der Waals surface area contributed by atoms with Crippen LogP contribution in [-0.4, -0.2) is 28.2 Å². The fourth-order valence-electron chi connectivity index (χ4n) is 4.69. The van der Waals surface area contributed by atoms with Crippen molar-refractivity contribution in [3.05, 3.63) is 11.6 Å². The lowest BCUT2D eigenvalue weighted by molar-refractivity contribution is -0.162. The second-order valence-electron chi connectivity index (χ2n) is 6.97. The van der Waals surface area contributed by atoms with Crippen LogP contribution in [0.4, 0.5) is 0 Å². The van der Waals surface area contributed by atoms with E-state index in [1.165, 1.54) is 5.57 Å². The minimum absolute atomic E-state index is 0.0796. The Bertz CT molecular complexity index is 455. The van der Waals surface area contributed by atoms with Gasteiger partial charge in [0.25, 0.3) is 0 Å². The molecule has 5 atom stereocenters. The van der Waals surface area contributed by atoms with Crippen molar-refractivity contribution in [1.82, 2.24) is 0 Å². The maximum absolute atomic E-state index is 12.3. The van der Waals surface area contributed by atoms with E-state index in [2.05, 4.69) is 19.9 Å². The Morgan fingerprint density at radius 1 is 1.44 bits per heavy atom. The largest absolute Gasteiger partial charge is 0.396 e. The van der Waals surface area contributed by atoms with Crippen molar-refractivity contribution in [2.45, 2.75) is 45.6 Å². The van der Waals surface area contributed by atoms with E-state index < -0.39 is 11.0 Å². The number of hydrogen-bond donors (Lipinski definition) is 2. The van der Waals surface area contributed by atoms with Crippen LogP contribution in [0, 0.1) is 22.7 Å². The van der Waals surface area contributed by atoms with E-state index in [1.807, 2.05) is 6.92 Å². The van der Waals surface area contributed by atoms with E-state index in [9.17, 15) is 15.0 Å². The van der Waals surface area contributed by atoms with Gasteiger partial charge >= 0.3 is 0 Å². The number of aliphatic hydroxyl groups is 2. The van der Waals surface area contributed by atoms with Gasteiger partial charge in [0.05, 0.1) is 6.61 Å². The molecule has 3 rings (SSSR count). The van der Waals surface area contributed by atoms with E-state index in [-0.39, 0.29) is 17.8 Å². The second-order valence-corrected chi connectivity index (χ2v) is 6.97. The summed E-state index contributed by atoms with van der Waals surface area (Å²) in [6.45, 7) is 5.98. The number of aliphatic hydroxyl groups excluding tert-OH is 1. The first-order valence-electron chi connectivity index (χ1n) is 6.87. The van der Waals surface area contributed by atoms with Crippen molar-refractivity contribution in [1.29, 1.82) is 0 Å². The van der Waals surface area contributed by atoms with E-state index >= 15 is 0 Å². The van der Waals surface area contributed by atoms with Crippen LogP contribution in [0.25, 0.3) is 0 Å². The third-order valence-electron chi connectivity index (χ3n) is 6.37. The maximum Gasteiger partial charge on any atom is 0.165 e. The van der Waals surface area contributed by atoms with Gasteiger partial charge in [-0.15, -0.1) is 0 Å². The molecular formula is C15H22O3. The van der Waals surface area contributed by atoms with Gasteiger partial charge < -0.3 is 10.2 Å². The molecule has 0 amide bonds. The summed E-state index contributed by atoms with van der Waals surface area (Å²) in [5.41, 5.74) is -1.14. The van der Waals surface area contributed by atoms with Crippen molar-refractivity contribution in [2.75, 3.05) is 6.61 Å². The molecule has 2 bridgehead atoms. The molecule has 2 N–H and O–H groups in total. The summed E-state index contributed by atoms with van der Waals surface area (Å²) in [6, 6.07) is 0. The monoisotopic (exact) mass is 250 g/mol. The zero-order chi connectivity index (χ0) is 13.3. The predicted octanol–water partition coefficient (Wildman–Crippen LogP) is 1.68. The van der Waals surface area contributed by atoms with Gasteiger partial charge in [0.15, 0.2) is 5.78 Å². The Kier molecular flexibility index (Phi) is 2.24. The summed E-state index contributed by atoms with van der Waals surface area (Å²) in [5, 5.41) is 20.7. The molecule has 3 aliphatic carbocycles. The lowest BCUT2D eigenvalue weighted by Gasteiger charge is -2.54. The summed E-state index contributed by atoms with van der Waals surface area (Å²) in [4.78, 5) is 12.3. The molecule has 0 aromatic heterocycles. The molecule has 0 heterocycles. The average molecular weight is 250 g/mol. The Morgan fingerprint density at radius 3 is 2.72 bits per heavy atom. The normalized spacial score (nSPS) is 54.5. The Balaban J connectivity index is 2.20. The van der Waals surface area contributed by atoms with Gasteiger partial charge in [0, 0.05) is 17.3 Å². The van der Waals surface area contributed by atoms with Gasteiger partial charge in [-0.05, 0) is 24.7 Å². The number of ketones is 1. The maximum atomic E-state index is 12.3. The van der Waals surface area contributed by atoms with Crippen LogP contribution in [0.1, 0.15) is 40.0 Å². The number of hydrogen-bond acceptors (Lipinski definition) is 3. The number of Topliss-reactive ketones (excluding diaryl/α,β-unsaturated/α-hetero) is 1. The van der Waals surface area contributed by atoms with Crippen molar-refractivity contribution in [3.63, 3.8) is 0 Å². The molecule has 18 heavy (non-hydrogen) atoms. The highest BCUT2D eigenvalue weighted by atomic mass is 16.3. The zero-order valence-corrected chi connectivity index (χ0v) is 11.4. The van der Waals surface area contributed by atoms with Gasteiger partial charge in [-0.3, -0.25) is 4.79 Å². The highest BCUT2D eigenvalue weighted by Gasteiger charge is 2.72. The van der Waals surface area contributed by atoms with Gasteiger partial charge in [0.1, 0.15) is 5.60 Å². The quantitative estimate of drug-likeness (QED) is 0.696. The molecule has 3 heteroatoms. The van der Waals surface area contributed by atoms with Gasteiger partial charge in [-0.2, -0.15) is 0 Å². The summed E-state index contributed by atoms with van der Waals surface area (Å²) in [6.07, 6.45) is 4.14. The molecule has 0 radical (unpaired) electrons. The fourth-order valence-corrected chi connectivity index (χ4v) is 4.69. The summed E-state index contributed by atoms with van der Waals surface area (Å²) < 4.78 is 0. The van der Waals surface area contributed by atoms with E-state index in [1.54, 1.807) is 0 Å². The minimum atomic E-state index is -1.34. The summed E-state index contributed by atoms with van der Waals surface area (Å²) in [7, 11) is 0. The molecule has 0 aromatic carbocycles. The van der Waals surface area contributed by atoms with E-state index in [4.69, 9.17) is 0 Å². The van der Waals surface area contributed by atoms with Crippen LogP contribution in [0.2, 0.25) is 0 Å². The molecule has 0 aliphatic heterocycles. The molecule has 0 saturated heterocycles. The number of rotatable bonds is 1. The summed E-state index contributed by atoms with van der Waals surface area (Å²) >= 11 is 0. The fraction of sp³-hybridized carbons (Fsp3) is 0.800. The van der Waals surface area contributed by atoms with Crippen LogP contribution < -0.4 is 0 Å². The van der Waals surface area contributed by atoms with Crippen molar-refractivity contribution in [3.8, 4) is 0 Å². The van der Waals surface area contributed by atoms with Gasteiger partial charge in [-0.1, -0.05) is 32.4 Å². The van der Waals surface area contributed by atoms with E-state index in [0.717, 1.165) is 6.42 Å². The van der Waals surface area contributed by atoms with Crippen LogP contribution in [0.5, 0.6) is 0 Å². The topological polar surface area (TPSA) is 57.5 Å². The third-order valence-corrected chi connectivity index (χ3v) is 6.37. The van der Waals surface area contributed by atoms with Crippen LogP contribution >= 0.6 is 0 Å². The molecule has 100 valence electrons. The van der Waals surface area contributed by atoms with Crippen molar-refractivity contribution in [2.24, 2.45) is 22.7 Å². The van der Waals surface area contributed by atoms with Gasteiger partial charge in [0.2, 0.25) is 0 Å². The number of allylic oxidation sites excluding steroid dienone is 2. The zero-order valence-electron chi connectivity index (χ0n) is 11.4. The lowest BCUT2D eigenvalue weighted by atomic mass is 9.51. The van der Waals surface area contributed by atoms with Crippen LogP contribution in [-0.2, 0) is 4.79 Å². The van der Waals surface area contributed by atoms with Gasteiger partial charge in [-0.25, -0.2) is 0 Å². The number of fused-ring (bicyclic) bond motifs is 4. The van der Waals surface area contributed by atoms with Crippen molar-refractivity contribution < 1.29 is 15.0 Å². The molecule has 2 saturated carbocycles. The minimum Gasteiger partial charge on any atom is -0.396 e. The first kappa shape index (κ1) is 12.4. The Hall–Kier alpha value is -0.670. The van der Waals surface area contributed by atoms with Crippen molar-refractivity contribution >= 4 is 5.78 Å². The predicted molar refractivity (Wildman–Crippen MR) is 67.8 cm³/mol. The summed E-state index contributed by atoms with van der Waals surface area (Å²) in [5.74, 6) is 0.732. The Labute approximate surface area is 108 Å². The molecule has 3 nitrogen and oxygen atoms in total. The molecule has 3 aliphatic rings. The SMILES string of the molecule is C[C@H]1CC=C2[C@H]1C[C@@]1(O)C(=O)C[C@]2(C)C1(C)CO. The standard InChI is InChI=1S/C15H22O3/c1-9-4-5-11-10(9)6-15(18)12(17)7-13(11,2)14(15,3)8-16/h5,9-10,16,18H,4,6-8H2,1-3H3/t9-,10-,13-,14?,15+/m0/s1. The third kappa shape index (κ3) is 1.03. The van der Waals surface area contributed by atoms with Crippen LogP contribution in [0.15, 0.2) is 11.6 Å². The number of carbonyl (C=O) groups excluding carboxylic acids is 1. The molecule has 0 aromatic rings. The average Bonchev–Trinajstić information content (AvgIpc) is 2.71.